The third-order valence-corrected chi connectivity index (χ3v) is 2.42. The summed E-state index contributed by atoms with van der Waals surface area (Å²) in [6, 6.07) is 0. The zero-order valence-electron chi connectivity index (χ0n) is 10.8. The highest BCUT2D eigenvalue weighted by atomic mass is 35.5. The molecule has 0 unspecified atom stereocenters. The highest BCUT2D eigenvalue weighted by Crippen LogP contribution is 1.96. The molecule has 1 saturated heterocycles. The fourth-order valence-electron chi connectivity index (χ4n) is 1.26. The van der Waals surface area contributed by atoms with Crippen LogP contribution in [-0.2, 0) is 28.6 Å². The molecule has 0 aliphatic carbocycles. The molecular formula is C11H20ClNO6. The molecule has 1 fully saturated rings. The van der Waals surface area contributed by atoms with Gasteiger partial charge in [0.2, 0.25) is 0 Å². The molecule has 0 aromatic carbocycles. The van der Waals surface area contributed by atoms with Gasteiger partial charge in [-0.05, 0) is 0 Å². The van der Waals surface area contributed by atoms with Crippen LogP contribution in [0.5, 0.6) is 0 Å². The van der Waals surface area contributed by atoms with Gasteiger partial charge in [0.25, 0.3) is 5.91 Å². The maximum Gasteiger partial charge on any atom is 0.263 e. The Bertz CT molecular complexity index is 227. The maximum absolute atomic E-state index is 11.5. The van der Waals surface area contributed by atoms with Crippen LogP contribution in [0.25, 0.3) is 0 Å². The first-order valence-electron chi connectivity index (χ1n) is 6.15. The number of halogens is 1. The number of alkyl halides is 1. The van der Waals surface area contributed by atoms with E-state index in [4.69, 9.17) is 35.4 Å². The number of nitrogens with zero attached hydrogens (tertiary/aromatic N) is 1. The van der Waals surface area contributed by atoms with Crippen molar-refractivity contribution >= 4 is 17.5 Å². The Morgan fingerprint density at radius 2 is 1.32 bits per heavy atom. The van der Waals surface area contributed by atoms with E-state index in [0.717, 1.165) is 5.06 Å². The summed E-state index contributed by atoms with van der Waals surface area (Å²) in [6.07, 6.45) is 0. The largest absolute Gasteiger partial charge is 0.377 e. The zero-order valence-corrected chi connectivity index (χ0v) is 11.6. The smallest absolute Gasteiger partial charge is 0.263 e. The number of hydrogen-bond acceptors (Lipinski definition) is 6. The van der Waals surface area contributed by atoms with Crippen molar-refractivity contribution in [2.45, 2.75) is 0 Å². The van der Waals surface area contributed by atoms with Crippen molar-refractivity contribution < 1.29 is 28.6 Å². The minimum atomic E-state index is -0.352. The van der Waals surface area contributed by atoms with Crippen molar-refractivity contribution in [3.8, 4) is 0 Å². The standard InChI is InChI=1S/C11H20ClNO6/c12-9-11(14)13-10-18-6-5-16-2-1-15-3-4-17-7-8-19-13/h1-10H2. The van der Waals surface area contributed by atoms with Gasteiger partial charge in [-0.15, -0.1) is 11.6 Å². The molecule has 0 N–H and O–H groups in total. The molecule has 0 aromatic heterocycles. The second-order valence-corrected chi connectivity index (χ2v) is 3.88. The van der Waals surface area contributed by atoms with Gasteiger partial charge in [-0.3, -0.25) is 9.63 Å². The number of carbonyl (C=O) groups excluding carboxylic acids is 1. The van der Waals surface area contributed by atoms with Crippen LogP contribution in [0.15, 0.2) is 0 Å². The van der Waals surface area contributed by atoms with E-state index in [-0.39, 0.29) is 25.1 Å². The molecule has 0 radical (unpaired) electrons. The lowest BCUT2D eigenvalue weighted by Gasteiger charge is -2.20. The molecule has 0 spiro atoms. The molecular weight excluding hydrogens is 278 g/mol. The average molecular weight is 298 g/mol. The molecule has 1 aliphatic heterocycles. The minimum Gasteiger partial charge on any atom is -0.377 e. The van der Waals surface area contributed by atoms with E-state index >= 15 is 0 Å². The summed E-state index contributed by atoms with van der Waals surface area (Å²) in [4.78, 5) is 16.7. The van der Waals surface area contributed by atoms with Crippen LogP contribution in [0.1, 0.15) is 0 Å². The Balaban J connectivity index is 2.31. The van der Waals surface area contributed by atoms with Crippen LogP contribution in [0.3, 0.4) is 0 Å². The molecule has 0 saturated carbocycles. The normalized spacial score (nSPS) is 21.4. The summed E-state index contributed by atoms with van der Waals surface area (Å²) in [5.74, 6) is -0.510. The number of ether oxygens (including phenoxy) is 4. The summed E-state index contributed by atoms with van der Waals surface area (Å²) >= 11 is 5.48. The first-order chi connectivity index (χ1) is 9.34. The first kappa shape index (κ1) is 16.6. The number of hydroxylamine groups is 2. The number of amides is 1. The second-order valence-electron chi connectivity index (χ2n) is 3.61. The van der Waals surface area contributed by atoms with Crippen LogP contribution in [0, 0.1) is 0 Å². The van der Waals surface area contributed by atoms with Crippen LogP contribution < -0.4 is 0 Å². The predicted molar refractivity (Wildman–Crippen MR) is 66.8 cm³/mol. The summed E-state index contributed by atoms with van der Waals surface area (Å²) in [7, 11) is 0. The molecule has 1 rings (SSSR count). The monoisotopic (exact) mass is 297 g/mol. The molecule has 0 aromatic rings. The molecule has 19 heavy (non-hydrogen) atoms. The quantitative estimate of drug-likeness (QED) is 0.636. The molecule has 1 amide bonds. The van der Waals surface area contributed by atoms with Gasteiger partial charge in [0.05, 0.1) is 52.9 Å². The molecule has 1 heterocycles. The van der Waals surface area contributed by atoms with Gasteiger partial charge in [0.1, 0.15) is 12.6 Å². The highest BCUT2D eigenvalue weighted by molar-refractivity contribution is 6.27. The van der Waals surface area contributed by atoms with E-state index < -0.39 is 0 Å². The minimum absolute atomic E-state index is 0.0193. The van der Waals surface area contributed by atoms with Gasteiger partial charge in [0.15, 0.2) is 0 Å². The van der Waals surface area contributed by atoms with Crippen molar-refractivity contribution in [1.29, 1.82) is 0 Å². The highest BCUT2D eigenvalue weighted by Gasteiger charge is 2.13. The zero-order chi connectivity index (χ0) is 13.8. The lowest BCUT2D eigenvalue weighted by molar-refractivity contribution is -0.216. The van der Waals surface area contributed by atoms with E-state index in [2.05, 4.69) is 0 Å². The van der Waals surface area contributed by atoms with Crippen molar-refractivity contribution in [2.24, 2.45) is 0 Å². The maximum atomic E-state index is 11.5. The summed E-state index contributed by atoms with van der Waals surface area (Å²) in [5.41, 5.74) is 0. The van der Waals surface area contributed by atoms with E-state index in [9.17, 15) is 4.79 Å². The van der Waals surface area contributed by atoms with Gasteiger partial charge in [0, 0.05) is 0 Å². The van der Waals surface area contributed by atoms with Crippen molar-refractivity contribution in [3.63, 3.8) is 0 Å². The number of rotatable bonds is 1. The lowest BCUT2D eigenvalue weighted by atomic mass is 10.7. The van der Waals surface area contributed by atoms with Crippen molar-refractivity contribution in [2.75, 3.05) is 65.5 Å². The average Bonchev–Trinajstić information content (AvgIpc) is 2.44. The van der Waals surface area contributed by atoms with Gasteiger partial charge in [-0.2, -0.15) is 5.06 Å². The van der Waals surface area contributed by atoms with Crippen LogP contribution in [-0.4, -0.2) is 76.4 Å². The Kier molecular flexibility index (Phi) is 9.96. The Hall–Kier alpha value is -0.440. The van der Waals surface area contributed by atoms with E-state index in [1.54, 1.807) is 0 Å². The van der Waals surface area contributed by atoms with Crippen molar-refractivity contribution in [1.82, 2.24) is 5.06 Å². The topological polar surface area (TPSA) is 66.5 Å². The van der Waals surface area contributed by atoms with Crippen molar-refractivity contribution in [3.05, 3.63) is 0 Å². The van der Waals surface area contributed by atoms with E-state index in [1.807, 2.05) is 0 Å². The fraction of sp³-hybridized carbons (Fsp3) is 0.909. The first-order valence-corrected chi connectivity index (χ1v) is 6.68. The lowest BCUT2D eigenvalue weighted by Crippen LogP contribution is -2.35. The van der Waals surface area contributed by atoms with Gasteiger partial charge in [-0.25, -0.2) is 0 Å². The van der Waals surface area contributed by atoms with E-state index in [1.165, 1.54) is 0 Å². The molecule has 7 nitrogen and oxygen atoms in total. The number of hydrogen-bond donors (Lipinski definition) is 0. The van der Waals surface area contributed by atoms with Crippen LogP contribution in [0.2, 0.25) is 0 Å². The second kappa shape index (κ2) is 11.4. The summed E-state index contributed by atoms with van der Waals surface area (Å²) in [5, 5.41) is 1.09. The third-order valence-electron chi connectivity index (χ3n) is 2.19. The Morgan fingerprint density at radius 3 is 1.84 bits per heavy atom. The fourth-order valence-corrected chi connectivity index (χ4v) is 1.39. The Morgan fingerprint density at radius 1 is 0.842 bits per heavy atom. The van der Waals surface area contributed by atoms with Gasteiger partial charge >= 0.3 is 0 Å². The molecule has 0 bridgehead atoms. The molecule has 8 heteroatoms. The SMILES string of the molecule is O=C(CCl)N1COCCOCCOCCOCCO1. The van der Waals surface area contributed by atoms with Gasteiger partial charge in [-0.1, -0.05) is 0 Å². The molecule has 0 atom stereocenters. The third kappa shape index (κ3) is 8.35. The predicted octanol–water partition coefficient (Wildman–Crippen LogP) is 0.0229. The van der Waals surface area contributed by atoms with E-state index in [0.29, 0.717) is 46.2 Å². The van der Waals surface area contributed by atoms with Crippen LogP contribution >= 0.6 is 11.6 Å². The number of carbonyl (C=O) groups is 1. The summed E-state index contributed by atoms with van der Waals surface area (Å²) < 4.78 is 21.1. The molecule has 112 valence electrons. The van der Waals surface area contributed by atoms with Gasteiger partial charge < -0.3 is 18.9 Å². The Labute approximate surface area is 117 Å². The van der Waals surface area contributed by atoms with Crippen LogP contribution in [0.4, 0.5) is 0 Å². The summed E-state index contributed by atoms with van der Waals surface area (Å²) in [6.45, 7) is 3.45. The molecule has 1 aliphatic rings.